The normalized spacial score (nSPS) is 11.1. The van der Waals surface area contributed by atoms with Gasteiger partial charge in [-0.1, -0.05) is 12.1 Å². The number of ketones is 1. The van der Waals surface area contributed by atoms with E-state index in [1.54, 1.807) is 12.1 Å². The van der Waals surface area contributed by atoms with Gasteiger partial charge in [0.05, 0.1) is 10.6 Å². The molecule has 0 radical (unpaired) electrons. The summed E-state index contributed by atoms with van der Waals surface area (Å²) in [6.07, 6.45) is 3.06. The van der Waals surface area contributed by atoms with Crippen molar-refractivity contribution in [1.29, 1.82) is 0 Å². The van der Waals surface area contributed by atoms with Crippen LogP contribution in [0.5, 0.6) is 0 Å². The first-order chi connectivity index (χ1) is 9.43. The summed E-state index contributed by atoms with van der Waals surface area (Å²) in [6, 6.07) is 9.11. The van der Waals surface area contributed by atoms with Crippen LogP contribution in [0.1, 0.15) is 17.3 Å². The van der Waals surface area contributed by atoms with Crippen LogP contribution in [-0.2, 0) is 10.0 Å². The number of hydrogen-bond acceptors (Lipinski definition) is 4. The Hall–Kier alpha value is -2.21. The van der Waals surface area contributed by atoms with E-state index in [9.17, 15) is 13.2 Å². The van der Waals surface area contributed by atoms with E-state index in [4.69, 9.17) is 0 Å². The lowest BCUT2D eigenvalue weighted by molar-refractivity contribution is 0.101. The molecular weight excluding hydrogens is 276 g/mol. The van der Waals surface area contributed by atoms with E-state index in [2.05, 4.69) is 4.98 Å². The monoisotopic (exact) mass is 290 g/mol. The van der Waals surface area contributed by atoms with Crippen LogP contribution in [0.25, 0.3) is 0 Å². The smallest absolute Gasteiger partial charge is 0.264 e. The molecule has 1 aromatic carbocycles. The Kier molecular flexibility index (Phi) is 3.85. The molecular formula is C14H14N2O3S. The zero-order valence-corrected chi connectivity index (χ0v) is 12.0. The molecule has 5 nitrogen and oxygen atoms in total. The van der Waals surface area contributed by atoms with Gasteiger partial charge in [-0.3, -0.25) is 14.1 Å². The number of nitrogens with zero attached hydrogens (tertiary/aromatic N) is 2. The molecule has 20 heavy (non-hydrogen) atoms. The van der Waals surface area contributed by atoms with Gasteiger partial charge >= 0.3 is 0 Å². The van der Waals surface area contributed by atoms with Crippen molar-refractivity contribution < 1.29 is 13.2 Å². The maximum absolute atomic E-state index is 12.4. The third-order valence-corrected chi connectivity index (χ3v) is 4.75. The van der Waals surface area contributed by atoms with E-state index in [0.29, 0.717) is 11.3 Å². The largest absolute Gasteiger partial charge is 0.295 e. The van der Waals surface area contributed by atoms with Crippen molar-refractivity contribution in [1.82, 2.24) is 4.98 Å². The van der Waals surface area contributed by atoms with Crippen LogP contribution in [-0.4, -0.2) is 26.2 Å². The third-order valence-electron chi connectivity index (χ3n) is 2.95. The lowest BCUT2D eigenvalue weighted by Crippen LogP contribution is -2.26. The molecule has 2 rings (SSSR count). The summed E-state index contributed by atoms with van der Waals surface area (Å²) >= 11 is 0. The van der Waals surface area contributed by atoms with Gasteiger partial charge in [-0.2, -0.15) is 0 Å². The minimum absolute atomic E-state index is 0.101. The molecule has 1 heterocycles. The summed E-state index contributed by atoms with van der Waals surface area (Å²) < 4.78 is 26.0. The third kappa shape index (κ3) is 2.70. The van der Waals surface area contributed by atoms with E-state index in [-0.39, 0.29) is 10.7 Å². The predicted octanol–water partition coefficient (Wildman–Crippen LogP) is 2.11. The Morgan fingerprint density at radius 2 is 1.60 bits per heavy atom. The molecule has 0 aliphatic carbocycles. The molecule has 0 saturated heterocycles. The summed E-state index contributed by atoms with van der Waals surface area (Å²) in [6.45, 7) is 1.44. The van der Waals surface area contributed by atoms with Gasteiger partial charge in [-0.15, -0.1) is 0 Å². The Morgan fingerprint density at radius 3 is 2.10 bits per heavy atom. The zero-order chi connectivity index (χ0) is 14.8. The first kappa shape index (κ1) is 14.2. The van der Waals surface area contributed by atoms with Crippen molar-refractivity contribution in [3.63, 3.8) is 0 Å². The second-order valence-electron chi connectivity index (χ2n) is 4.26. The number of rotatable bonds is 4. The molecule has 0 aliphatic rings. The van der Waals surface area contributed by atoms with E-state index in [1.807, 2.05) is 0 Å². The molecule has 0 spiro atoms. The van der Waals surface area contributed by atoms with Gasteiger partial charge in [-0.25, -0.2) is 8.42 Å². The van der Waals surface area contributed by atoms with Crippen molar-refractivity contribution in [2.24, 2.45) is 0 Å². The minimum atomic E-state index is -3.64. The van der Waals surface area contributed by atoms with Gasteiger partial charge in [0.25, 0.3) is 10.0 Å². The molecule has 0 aliphatic heterocycles. The molecule has 0 saturated carbocycles. The van der Waals surface area contributed by atoms with Crippen LogP contribution in [0.2, 0.25) is 0 Å². The molecule has 104 valence electrons. The predicted molar refractivity (Wildman–Crippen MR) is 76.3 cm³/mol. The summed E-state index contributed by atoms with van der Waals surface area (Å²) in [5.41, 5.74) is 1.01. The fraction of sp³-hybridized carbons (Fsp3) is 0.143. The molecule has 0 unspecified atom stereocenters. The maximum Gasteiger partial charge on any atom is 0.264 e. The number of hydrogen-bond donors (Lipinski definition) is 0. The van der Waals surface area contributed by atoms with E-state index >= 15 is 0 Å². The van der Waals surface area contributed by atoms with Crippen molar-refractivity contribution >= 4 is 21.5 Å². The van der Waals surface area contributed by atoms with Gasteiger partial charge in [0.1, 0.15) is 0 Å². The van der Waals surface area contributed by atoms with Gasteiger partial charge in [0.15, 0.2) is 5.78 Å². The quantitative estimate of drug-likeness (QED) is 0.809. The van der Waals surface area contributed by atoms with Crippen LogP contribution in [0.3, 0.4) is 0 Å². The Labute approximate surface area is 117 Å². The zero-order valence-electron chi connectivity index (χ0n) is 11.1. The van der Waals surface area contributed by atoms with Crippen LogP contribution < -0.4 is 4.31 Å². The SMILES string of the molecule is CC(=O)c1ccc(S(=O)(=O)N(C)c2ccncc2)cc1. The van der Waals surface area contributed by atoms with Gasteiger partial charge < -0.3 is 0 Å². The van der Waals surface area contributed by atoms with Crippen molar-refractivity contribution in [2.75, 3.05) is 11.4 Å². The first-order valence-corrected chi connectivity index (χ1v) is 7.37. The fourth-order valence-electron chi connectivity index (χ4n) is 1.71. The summed E-state index contributed by atoms with van der Waals surface area (Å²) in [7, 11) is -2.16. The number of pyridine rings is 1. The second-order valence-corrected chi connectivity index (χ2v) is 6.23. The highest BCUT2D eigenvalue weighted by atomic mass is 32.2. The van der Waals surface area contributed by atoms with Crippen LogP contribution in [0.15, 0.2) is 53.7 Å². The van der Waals surface area contributed by atoms with Crippen LogP contribution in [0, 0.1) is 0 Å². The molecule has 0 atom stereocenters. The second kappa shape index (κ2) is 5.42. The van der Waals surface area contributed by atoms with Gasteiger partial charge in [0.2, 0.25) is 0 Å². The maximum atomic E-state index is 12.4. The molecule has 0 bridgehead atoms. The van der Waals surface area contributed by atoms with E-state index in [1.165, 1.54) is 54.9 Å². The molecule has 1 aromatic heterocycles. The van der Waals surface area contributed by atoms with Crippen LogP contribution >= 0.6 is 0 Å². The van der Waals surface area contributed by atoms with Crippen molar-refractivity contribution in [3.05, 3.63) is 54.4 Å². The highest BCUT2D eigenvalue weighted by molar-refractivity contribution is 7.92. The number of anilines is 1. The fourth-order valence-corrected chi connectivity index (χ4v) is 2.91. The lowest BCUT2D eigenvalue weighted by atomic mass is 10.2. The highest BCUT2D eigenvalue weighted by Crippen LogP contribution is 2.21. The van der Waals surface area contributed by atoms with Crippen molar-refractivity contribution in [3.8, 4) is 0 Å². The summed E-state index contributed by atoms with van der Waals surface area (Å²) in [5, 5.41) is 0. The Balaban J connectivity index is 2.37. The molecule has 2 aromatic rings. The topological polar surface area (TPSA) is 67.3 Å². The Morgan fingerprint density at radius 1 is 1.05 bits per heavy atom. The average Bonchev–Trinajstić information content (AvgIpc) is 2.47. The first-order valence-electron chi connectivity index (χ1n) is 5.93. The Bertz CT molecular complexity index is 710. The molecule has 0 N–H and O–H groups in total. The van der Waals surface area contributed by atoms with Gasteiger partial charge in [0, 0.05) is 25.0 Å². The number of Topliss-reactive ketones (excluding diaryl/α,β-unsaturated/α-hetero) is 1. The average molecular weight is 290 g/mol. The van der Waals surface area contributed by atoms with Gasteiger partial charge in [-0.05, 0) is 31.2 Å². The van der Waals surface area contributed by atoms with Crippen molar-refractivity contribution in [2.45, 2.75) is 11.8 Å². The number of carbonyl (C=O) groups is 1. The highest BCUT2D eigenvalue weighted by Gasteiger charge is 2.21. The summed E-state index contributed by atoms with van der Waals surface area (Å²) in [5.74, 6) is -0.101. The van der Waals surface area contributed by atoms with E-state index < -0.39 is 10.0 Å². The summed E-state index contributed by atoms with van der Waals surface area (Å²) in [4.78, 5) is 15.2. The number of sulfonamides is 1. The lowest BCUT2D eigenvalue weighted by Gasteiger charge is -2.19. The number of carbonyl (C=O) groups excluding carboxylic acids is 1. The molecule has 6 heteroatoms. The molecule has 0 fully saturated rings. The standard InChI is InChI=1S/C14H14N2O3S/c1-11(17)12-3-5-14(6-4-12)20(18,19)16(2)13-7-9-15-10-8-13/h3-10H,1-2H3. The molecule has 0 amide bonds. The number of aromatic nitrogens is 1. The van der Waals surface area contributed by atoms with E-state index in [0.717, 1.165) is 0 Å². The minimum Gasteiger partial charge on any atom is -0.295 e. The van der Waals surface area contributed by atoms with Crippen LogP contribution in [0.4, 0.5) is 5.69 Å². The number of benzene rings is 1.